The largest absolute Gasteiger partial charge is 0.481 e. The van der Waals surface area contributed by atoms with Crippen molar-refractivity contribution < 1.29 is 15.0 Å². The fourth-order valence-electron chi connectivity index (χ4n) is 3.48. The van der Waals surface area contributed by atoms with Crippen molar-refractivity contribution in [3.8, 4) is 0 Å². The number of nitrogens with zero attached hydrogens (tertiary/aromatic N) is 1. The lowest BCUT2D eigenvalue weighted by molar-refractivity contribution is -0.137. The number of hydrogen-bond donors (Lipinski definition) is 2. The number of carbonyl (C=O) groups is 1. The normalized spacial score (nSPS) is 22.7. The molecule has 0 radical (unpaired) electrons. The van der Waals surface area contributed by atoms with Crippen molar-refractivity contribution in [3.63, 3.8) is 0 Å². The molecule has 1 saturated heterocycles. The van der Waals surface area contributed by atoms with Gasteiger partial charge in [0.25, 0.3) is 0 Å². The van der Waals surface area contributed by atoms with Crippen LogP contribution in [0.15, 0.2) is 12.2 Å². The summed E-state index contributed by atoms with van der Waals surface area (Å²) in [4.78, 5) is 12.9. The van der Waals surface area contributed by atoms with E-state index in [1.54, 1.807) is 0 Å². The van der Waals surface area contributed by atoms with E-state index in [4.69, 9.17) is 16.7 Å². The fraction of sp³-hybridized carbons (Fsp3) is 0.850. The number of carboxylic acid groups (broad SMARTS) is 1. The Labute approximate surface area is 158 Å². The molecule has 1 heterocycles. The Morgan fingerprint density at radius 3 is 2.72 bits per heavy atom. The minimum atomic E-state index is -0.729. The van der Waals surface area contributed by atoms with E-state index in [0.717, 1.165) is 58.0 Å². The number of allylic oxidation sites excluding steroid dienone is 1. The quantitative estimate of drug-likeness (QED) is 0.265. The summed E-state index contributed by atoms with van der Waals surface area (Å²) in [6.45, 7) is 4.23. The topological polar surface area (TPSA) is 60.8 Å². The van der Waals surface area contributed by atoms with Gasteiger partial charge in [-0.05, 0) is 58.0 Å². The number of rotatable bonds is 14. The van der Waals surface area contributed by atoms with Gasteiger partial charge in [-0.3, -0.25) is 9.69 Å². The Kier molecular flexibility index (Phi) is 12.2. The lowest BCUT2D eigenvalue weighted by Gasteiger charge is -2.25. The van der Waals surface area contributed by atoms with Gasteiger partial charge in [0.2, 0.25) is 0 Å². The molecule has 0 spiro atoms. The van der Waals surface area contributed by atoms with Crippen molar-refractivity contribution in [2.75, 3.05) is 13.1 Å². The fourth-order valence-corrected chi connectivity index (χ4v) is 3.84. The summed E-state index contributed by atoms with van der Waals surface area (Å²) in [5.74, 6) is -0.729. The van der Waals surface area contributed by atoms with Gasteiger partial charge in [0.1, 0.15) is 0 Å². The molecule has 0 unspecified atom stereocenters. The summed E-state index contributed by atoms with van der Waals surface area (Å²) in [5.41, 5.74) is 0. The van der Waals surface area contributed by atoms with Crippen molar-refractivity contribution in [1.29, 1.82) is 0 Å². The van der Waals surface area contributed by atoms with Crippen LogP contribution in [0, 0.1) is 0 Å². The van der Waals surface area contributed by atoms with Crippen LogP contribution in [0.5, 0.6) is 0 Å². The Morgan fingerprint density at radius 1 is 1.24 bits per heavy atom. The summed E-state index contributed by atoms with van der Waals surface area (Å²) in [7, 11) is 0. The molecule has 1 aliphatic rings. The lowest BCUT2D eigenvalue weighted by Crippen LogP contribution is -2.34. The number of carboxylic acids is 1. The molecule has 4 nitrogen and oxygen atoms in total. The van der Waals surface area contributed by atoms with E-state index < -0.39 is 5.97 Å². The molecule has 146 valence electrons. The maximum Gasteiger partial charge on any atom is 0.303 e. The third-order valence-electron chi connectivity index (χ3n) is 5.01. The molecule has 0 aromatic heterocycles. The first-order valence-electron chi connectivity index (χ1n) is 9.97. The third kappa shape index (κ3) is 10.2. The van der Waals surface area contributed by atoms with E-state index in [0.29, 0.717) is 12.5 Å². The van der Waals surface area contributed by atoms with E-state index in [1.807, 2.05) is 0 Å². The molecule has 0 saturated carbocycles. The van der Waals surface area contributed by atoms with Crippen molar-refractivity contribution in [3.05, 3.63) is 12.2 Å². The van der Waals surface area contributed by atoms with Crippen molar-refractivity contribution >= 4 is 17.6 Å². The predicted molar refractivity (Wildman–Crippen MR) is 104 cm³/mol. The minimum Gasteiger partial charge on any atom is -0.481 e. The van der Waals surface area contributed by atoms with Gasteiger partial charge in [0.05, 0.1) is 11.5 Å². The van der Waals surface area contributed by atoms with Crippen LogP contribution in [0.4, 0.5) is 0 Å². The molecule has 3 atom stereocenters. The van der Waals surface area contributed by atoms with Gasteiger partial charge >= 0.3 is 5.97 Å². The number of halogens is 1. The third-order valence-corrected chi connectivity index (χ3v) is 5.52. The second-order valence-electron chi connectivity index (χ2n) is 7.19. The molecule has 0 bridgehead atoms. The van der Waals surface area contributed by atoms with Crippen molar-refractivity contribution in [2.24, 2.45) is 0 Å². The SMILES string of the molecule is CCCCC[C@H](O)CCCN1CC[C@@H](Cl)[C@@H]1C/C=C\CCCC(=O)O. The molecule has 25 heavy (non-hydrogen) atoms. The van der Waals surface area contributed by atoms with E-state index >= 15 is 0 Å². The molecular weight excluding hydrogens is 338 g/mol. The average Bonchev–Trinajstić information content (AvgIpc) is 2.91. The maximum absolute atomic E-state index is 10.5. The monoisotopic (exact) mass is 373 g/mol. The number of aliphatic hydroxyl groups is 1. The minimum absolute atomic E-state index is 0.159. The number of likely N-dealkylation sites (tertiary alicyclic amines) is 1. The smallest absolute Gasteiger partial charge is 0.303 e. The van der Waals surface area contributed by atoms with Crippen LogP contribution >= 0.6 is 11.6 Å². The number of aliphatic carboxylic acids is 1. The zero-order valence-corrected chi connectivity index (χ0v) is 16.5. The van der Waals surface area contributed by atoms with Gasteiger partial charge in [-0.15, -0.1) is 11.6 Å². The number of hydrogen-bond acceptors (Lipinski definition) is 3. The number of alkyl halides is 1. The van der Waals surface area contributed by atoms with E-state index in [-0.39, 0.29) is 17.9 Å². The van der Waals surface area contributed by atoms with E-state index in [1.165, 1.54) is 12.8 Å². The van der Waals surface area contributed by atoms with E-state index in [9.17, 15) is 9.90 Å². The first-order chi connectivity index (χ1) is 12.0. The summed E-state index contributed by atoms with van der Waals surface area (Å²) >= 11 is 6.48. The van der Waals surface area contributed by atoms with Crippen molar-refractivity contribution in [2.45, 2.75) is 95.1 Å². The molecule has 0 aromatic carbocycles. The highest BCUT2D eigenvalue weighted by Gasteiger charge is 2.31. The Balaban J connectivity index is 2.21. The Hall–Kier alpha value is -0.580. The summed E-state index contributed by atoms with van der Waals surface area (Å²) < 4.78 is 0. The van der Waals surface area contributed by atoms with Crippen LogP contribution in [-0.2, 0) is 4.79 Å². The van der Waals surface area contributed by atoms with Crippen molar-refractivity contribution in [1.82, 2.24) is 4.90 Å². The molecule has 5 heteroatoms. The van der Waals surface area contributed by atoms with Crippen LogP contribution in [0.1, 0.15) is 77.6 Å². The number of aliphatic hydroxyl groups excluding tert-OH is 1. The molecule has 0 amide bonds. The molecule has 0 aliphatic carbocycles. The second-order valence-corrected chi connectivity index (χ2v) is 7.75. The summed E-state index contributed by atoms with van der Waals surface area (Å²) in [5, 5.41) is 18.9. The second kappa shape index (κ2) is 13.6. The zero-order valence-electron chi connectivity index (χ0n) is 15.7. The van der Waals surface area contributed by atoms with Gasteiger partial charge in [-0.1, -0.05) is 38.3 Å². The molecule has 1 fully saturated rings. The summed E-state index contributed by atoms with van der Waals surface area (Å²) in [6.07, 6.45) is 14.1. The van der Waals surface area contributed by atoms with Crippen LogP contribution in [0.3, 0.4) is 0 Å². The standard InChI is InChI=1S/C20H36ClNO3/c1-2-3-6-10-17(23)11-9-15-22-16-14-18(21)19(22)12-7-4-5-8-13-20(24)25/h4,7,17-19,23H,2-3,5-6,8-16H2,1H3,(H,24,25)/b7-4-/t17-,18+,19-/m0/s1. The molecule has 0 aromatic rings. The van der Waals surface area contributed by atoms with Crippen LogP contribution in [0.2, 0.25) is 0 Å². The van der Waals surface area contributed by atoms with Gasteiger partial charge in [0, 0.05) is 12.5 Å². The zero-order chi connectivity index (χ0) is 18.5. The first-order valence-corrected chi connectivity index (χ1v) is 10.4. The highest BCUT2D eigenvalue weighted by Crippen LogP contribution is 2.26. The molecule has 1 aliphatic heterocycles. The van der Waals surface area contributed by atoms with Gasteiger partial charge in [0.15, 0.2) is 0 Å². The highest BCUT2D eigenvalue weighted by atomic mass is 35.5. The Morgan fingerprint density at radius 2 is 2.00 bits per heavy atom. The van der Waals surface area contributed by atoms with Gasteiger partial charge in [-0.2, -0.15) is 0 Å². The molecule has 2 N–H and O–H groups in total. The number of unbranched alkanes of at least 4 members (excludes halogenated alkanes) is 3. The first kappa shape index (κ1) is 22.5. The predicted octanol–water partition coefficient (Wildman–Crippen LogP) is 4.59. The van der Waals surface area contributed by atoms with Crippen LogP contribution in [0.25, 0.3) is 0 Å². The van der Waals surface area contributed by atoms with Gasteiger partial charge < -0.3 is 10.2 Å². The summed E-state index contributed by atoms with van der Waals surface area (Å²) in [6, 6.07) is 0.370. The van der Waals surface area contributed by atoms with E-state index in [2.05, 4.69) is 24.0 Å². The lowest BCUT2D eigenvalue weighted by atomic mass is 10.1. The highest BCUT2D eigenvalue weighted by molar-refractivity contribution is 6.21. The molecule has 1 rings (SSSR count). The van der Waals surface area contributed by atoms with Crippen LogP contribution in [-0.4, -0.2) is 51.7 Å². The van der Waals surface area contributed by atoms with Crippen LogP contribution < -0.4 is 0 Å². The average molecular weight is 374 g/mol. The molecular formula is C20H36ClNO3. The van der Waals surface area contributed by atoms with Gasteiger partial charge in [-0.25, -0.2) is 0 Å². The maximum atomic E-state index is 10.5. The Bertz CT molecular complexity index is 389.